The molecule has 2 aromatic rings. The second-order valence-electron chi connectivity index (χ2n) is 5.79. The van der Waals surface area contributed by atoms with Crippen molar-refractivity contribution in [3.8, 4) is 5.75 Å². The van der Waals surface area contributed by atoms with Gasteiger partial charge < -0.3 is 20.1 Å². The zero-order valence-corrected chi connectivity index (χ0v) is 18.6. The molecule has 0 unspecified atom stereocenters. The third-order valence-corrected chi connectivity index (χ3v) is 3.90. The highest BCUT2D eigenvalue weighted by Gasteiger charge is 2.03. The lowest BCUT2D eigenvalue weighted by Crippen LogP contribution is -2.38. The van der Waals surface area contributed by atoms with Crippen LogP contribution in [0.25, 0.3) is 0 Å². The van der Waals surface area contributed by atoms with Crippen molar-refractivity contribution in [2.24, 2.45) is 12.0 Å². The van der Waals surface area contributed by atoms with Crippen LogP contribution in [0.4, 0.5) is 0 Å². The van der Waals surface area contributed by atoms with E-state index in [0.717, 1.165) is 49.1 Å². The standard InChI is InChI=1S/C19H29N5O2.HI/c1-4-26-13-5-11-20-19(22-15-17-10-12-23-24(17)2)21-14-16-6-8-18(25-3)9-7-16;/h6-10,12H,4-5,11,13-15H2,1-3H3,(H2,20,21,22);1H. The minimum atomic E-state index is 0. The molecule has 1 aromatic heterocycles. The van der Waals surface area contributed by atoms with Gasteiger partial charge >= 0.3 is 0 Å². The quantitative estimate of drug-likeness (QED) is 0.234. The largest absolute Gasteiger partial charge is 0.497 e. The van der Waals surface area contributed by atoms with Gasteiger partial charge in [0.05, 0.1) is 25.9 Å². The number of nitrogens with one attached hydrogen (secondary N) is 2. The molecule has 2 N–H and O–H groups in total. The van der Waals surface area contributed by atoms with Gasteiger partial charge in [0, 0.05) is 33.0 Å². The summed E-state index contributed by atoms with van der Waals surface area (Å²) in [6, 6.07) is 9.93. The Bertz CT molecular complexity index is 673. The number of methoxy groups -OCH3 is 1. The van der Waals surface area contributed by atoms with E-state index in [1.807, 2.05) is 49.0 Å². The molecule has 1 heterocycles. The van der Waals surface area contributed by atoms with E-state index >= 15 is 0 Å². The minimum absolute atomic E-state index is 0. The highest BCUT2D eigenvalue weighted by molar-refractivity contribution is 14.0. The number of rotatable bonds is 10. The molecule has 0 aliphatic heterocycles. The van der Waals surface area contributed by atoms with Crippen LogP contribution in [0.15, 0.2) is 41.5 Å². The van der Waals surface area contributed by atoms with Gasteiger partial charge in [0.25, 0.3) is 0 Å². The third kappa shape index (κ3) is 8.61. The van der Waals surface area contributed by atoms with Gasteiger partial charge in [-0.1, -0.05) is 12.1 Å². The normalized spacial score (nSPS) is 11.0. The van der Waals surface area contributed by atoms with E-state index in [1.54, 1.807) is 13.3 Å². The number of hydrogen-bond donors (Lipinski definition) is 2. The van der Waals surface area contributed by atoms with Crippen LogP contribution >= 0.6 is 24.0 Å². The maximum absolute atomic E-state index is 5.38. The molecule has 2 rings (SSSR count). The summed E-state index contributed by atoms with van der Waals surface area (Å²) >= 11 is 0. The summed E-state index contributed by atoms with van der Waals surface area (Å²) in [7, 11) is 3.60. The first kappa shape index (κ1) is 23.2. The van der Waals surface area contributed by atoms with E-state index in [2.05, 4.69) is 20.7 Å². The second kappa shape index (κ2) is 13.4. The van der Waals surface area contributed by atoms with Gasteiger partial charge in [0.1, 0.15) is 5.75 Å². The first-order chi connectivity index (χ1) is 12.7. The average Bonchev–Trinajstić information content (AvgIpc) is 3.08. The van der Waals surface area contributed by atoms with Crippen LogP contribution in [0.3, 0.4) is 0 Å². The molecule has 0 saturated heterocycles. The van der Waals surface area contributed by atoms with Gasteiger partial charge in [0.15, 0.2) is 5.96 Å². The van der Waals surface area contributed by atoms with Crippen molar-refractivity contribution in [2.45, 2.75) is 26.4 Å². The summed E-state index contributed by atoms with van der Waals surface area (Å²) in [4.78, 5) is 4.68. The number of aliphatic imine (C=N–C) groups is 1. The molecule has 0 amide bonds. The van der Waals surface area contributed by atoms with Crippen LogP contribution in [0, 0.1) is 0 Å². The number of guanidine groups is 1. The molecule has 8 heteroatoms. The average molecular weight is 487 g/mol. The predicted molar refractivity (Wildman–Crippen MR) is 119 cm³/mol. The van der Waals surface area contributed by atoms with Gasteiger partial charge in [-0.2, -0.15) is 5.10 Å². The first-order valence-electron chi connectivity index (χ1n) is 8.92. The van der Waals surface area contributed by atoms with E-state index in [4.69, 9.17) is 9.47 Å². The van der Waals surface area contributed by atoms with Gasteiger partial charge in [-0.3, -0.25) is 4.68 Å². The Morgan fingerprint density at radius 2 is 1.96 bits per heavy atom. The summed E-state index contributed by atoms with van der Waals surface area (Å²) in [5.41, 5.74) is 2.22. The summed E-state index contributed by atoms with van der Waals surface area (Å²) in [6.45, 7) is 5.56. The van der Waals surface area contributed by atoms with Gasteiger partial charge in [0.2, 0.25) is 0 Å². The molecule has 0 radical (unpaired) electrons. The maximum Gasteiger partial charge on any atom is 0.191 e. The molecule has 0 aliphatic carbocycles. The molecule has 27 heavy (non-hydrogen) atoms. The van der Waals surface area contributed by atoms with Crippen molar-refractivity contribution < 1.29 is 9.47 Å². The minimum Gasteiger partial charge on any atom is -0.497 e. The molecule has 0 bridgehead atoms. The molecule has 0 fully saturated rings. The van der Waals surface area contributed by atoms with Crippen LogP contribution in [-0.2, 0) is 24.9 Å². The molecule has 0 spiro atoms. The van der Waals surface area contributed by atoms with Crippen molar-refractivity contribution >= 4 is 29.9 Å². The van der Waals surface area contributed by atoms with Gasteiger partial charge in [-0.15, -0.1) is 24.0 Å². The maximum atomic E-state index is 5.38. The van der Waals surface area contributed by atoms with E-state index < -0.39 is 0 Å². The zero-order chi connectivity index (χ0) is 18.6. The Morgan fingerprint density at radius 1 is 1.19 bits per heavy atom. The van der Waals surface area contributed by atoms with E-state index in [-0.39, 0.29) is 24.0 Å². The van der Waals surface area contributed by atoms with Crippen molar-refractivity contribution in [3.63, 3.8) is 0 Å². The Labute approximate surface area is 178 Å². The highest BCUT2D eigenvalue weighted by Crippen LogP contribution is 2.11. The van der Waals surface area contributed by atoms with Crippen LogP contribution in [-0.4, -0.2) is 42.6 Å². The van der Waals surface area contributed by atoms with Crippen molar-refractivity contribution in [1.82, 2.24) is 20.4 Å². The van der Waals surface area contributed by atoms with Crippen molar-refractivity contribution in [3.05, 3.63) is 47.8 Å². The highest BCUT2D eigenvalue weighted by atomic mass is 127. The van der Waals surface area contributed by atoms with Crippen LogP contribution in [0.5, 0.6) is 5.75 Å². The number of aromatic nitrogens is 2. The number of halogens is 1. The van der Waals surface area contributed by atoms with E-state index in [9.17, 15) is 0 Å². The predicted octanol–water partition coefficient (Wildman–Crippen LogP) is 2.71. The topological polar surface area (TPSA) is 72.7 Å². The smallest absolute Gasteiger partial charge is 0.191 e. The number of nitrogens with zero attached hydrogens (tertiary/aromatic N) is 3. The first-order valence-corrected chi connectivity index (χ1v) is 8.92. The van der Waals surface area contributed by atoms with E-state index in [0.29, 0.717) is 13.1 Å². The van der Waals surface area contributed by atoms with Crippen LogP contribution < -0.4 is 15.4 Å². The third-order valence-electron chi connectivity index (χ3n) is 3.90. The summed E-state index contributed by atoms with van der Waals surface area (Å²) in [5.74, 6) is 1.62. The number of hydrogen-bond acceptors (Lipinski definition) is 4. The Balaban J connectivity index is 0.00000364. The molecule has 7 nitrogen and oxygen atoms in total. The van der Waals surface area contributed by atoms with Gasteiger partial charge in [-0.05, 0) is 37.1 Å². The van der Waals surface area contributed by atoms with Crippen LogP contribution in [0.2, 0.25) is 0 Å². The molecular formula is C19H30IN5O2. The second-order valence-corrected chi connectivity index (χ2v) is 5.79. The summed E-state index contributed by atoms with van der Waals surface area (Å²) < 4.78 is 12.4. The lowest BCUT2D eigenvalue weighted by Gasteiger charge is -2.13. The lowest BCUT2D eigenvalue weighted by molar-refractivity contribution is 0.145. The van der Waals surface area contributed by atoms with Crippen molar-refractivity contribution in [2.75, 3.05) is 26.9 Å². The Hall–Kier alpha value is -1.81. The zero-order valence-electron chi connectivity index (χ0n) is 16.3. The molecule has 0 aliphatic rings. The number of ether oxygens (including phenoxy) is 2. The molecule has 1 aromatic carbocycles. The fourth-order valence-electron chi connectivity index (χ4n) is 2.35. The molecule has 150 valence electrons. The summed E-state index contributed by atoms with van der Waals surface area (Å²) in [5, 5.41) is 10.9. The molecule has 0 atom stereocenters. The Kier molecular flexibility index (Phi) is 11.5. The molecular weight excluding hydrogens is 457 g/mol. The van der Waals surface area contributed by atoms with Crippen molar-refractivity contribution in [1.29, 1.82) is 0 Å². The fourth-order valence-corrected chi connectivity index (χ4v) is 2.35. The monoisotopic (exact) mass is 487 g/mol. The number of aryl methyl sites for hydroxylation is 1. The molecule has 0 saturated carbocycles. The lowest BCUT2D eigenvalue weighted by atomic mass is 10.2. The van der Waals surface area contributed by atoms with E-state index in [1.165, 1.54) is 0 Å². The fraction of sp³-hybridized carbons (Fsp3) is 0.474. The Morgan fingerprint density at radius 3 is 2.59 bits per heavy atom. The SMILES string of the molecule is CCOCCCNC(=NCc1ccc(OC)cc1)NCc1ccnn1C.I. The number of benzene rings is 1. The summed E-state index contributed by atoms with van der Waals surface area (Å²) in [6.07, 6.45) is 2.73. The van der Waals surface area contributed by atoms with Gasteiger partial charge in [-0.25, -0.2) is 4.99 Å². The van der Waals surface area contributed by atoms with Crippen LogP contribution in [0.1, 0.15) is 24.6 Å².